The van der Waals surface area contributed by atoms with Crippen LogP contribution in [0, 0.1) is 0 Å². The standard InChI is InChI=1S/C6H7BrO3/c1-9-6(8)5-2-4(7)3-10-5/h2-3,6,8H,1H3. The van der Waals surface area contributed by atoms with Crippen LogP contribution in [0.3, 0.4) is 0 Å². The first kappa shape index (κ1) is 7.78. The average molecular weight is 207 g/mol. The van der Waals surface area contributed by atoms with Crippen molar-refractivity contribution >= 4 is 15.9 Å². The highest BCUT2D eigenvalue weighted by Gasteiger charge is 2.09. The Morgan fingerprint density at radius 2 is 2.50 bits per heavy atom. The lowest BCUT2D eigenvalue weighted by molar-refractivity contribution is -0.0902. The van der Waals surface area contributed by atoms with Gasteiger partial charge in [-0.15, -0.1) is 0 Å². The predicted octanol–water partition coefficient (Wildman–Crippen LogP) is 1.68. The van der Waals surface area contributed by atoms with Gasteiger partial charge in [-0.2, -0.15) is 0 Å². The largest absolute Gasteiger partial charge is 0.463 e. The molecule has 0 saturated heterocycles. The van der Waals surface area contributed by atoms with Crippen molar-refractivity contribution in [2.45, 2.75) is 6.29 Å². The molecule has 1 heterocycles. The lowest BCUT2D eigenvalue weighted by Gasteiger charge is -2.01. The third-order valence-electron chi connectivity index (χ3n) is 1.05. The maximum absolute atomic E-state index is 9.01. The van der Waals surface area contributed by atoms with Gasteiger partial charge in [-0.3, -0.25) is 0 Å². The molecule has 1 unspecified atom stereocenters. The van der Waals surface area contributed by atoms with Crippen LogP contribution in [0.5, 0.6) is 0 Å². The Hall–Kier alpha value is -0.320. The van der Waals surface area contributed by atoms with E-state index in [1.807, 2.05) is 0 Å². The van der Waals surface area contributed by atoms with E-state index in [-0.39, 0.29) is 0 Å². The van der Waals surface area contributed by atoms with Crippen LogP contribution in [0.15, 0.2) is 21.2 Å². The van der Waals surface area contributed by atoms with Crippen LogP contribution in [0.25, 0.3) is 0 Å². The molecule has 0 aromatic carbocycles. The van der Waals surface area contributed by atoms with Crippen molar-refractivity contribution in [2.75, 3.05) is 7.11 Å². The predicted molar refractivity (Wildman–Crippen MR) is 38.4 cm³/mol. The number of aliphatic hydroxyl groups is 1. The molecular formula is C6H7BrO3. The lowest BCUT2D eigenvalue weighted by Crippen LogP contribution is -1.96. The summed E-state index contributed by atoms with van der Waals surface area (Å²) in [5.41, 5.74) is 0. The zero-order valence-corrected chi connectivity index (χ0v) is 6.96. The summed E-state index contributed by atoms with van der Waals surface area (Å²) < 4.78 is 10.3. The summed E-state index contributed by atoms with van der Waals surface area (Å²) >= 11 is 3.17. The molecule has 10 heavy (non-hydrogen) atoms. The van der Waals surface area contributed by atoms with Gasteiger partial charge in [0.1, 0.15) is 6.26 Å². The van der Waals surface area contributed by atoms with Gasteiger partial charge in [0.25, 0.3) is 0 Å². The number of rotatable bonds is 2. The molecular weight excluding hydrogens is 200 g/mol. The summed E-state index contributed by atoms with van der Waals surface area (Å²) in [5.74, 6) is 0.398. The summed E-state index contributed by atoms with van der Waals surface area (Å²) in [6, 6.07) is 1.65. The molecule has 1 aromatic heterocycles. The van der Waals surface area contributed by atoms with Crippen LogP contribution in [-0.4, -0.2) is 12.2 Å². The molecule has 0 saturated carbocycles. The van der Waals surface area contributed by atoms with E-state index in [0.717, 1.165) is 4.47 Å². The van der Waals surface area contributed by atoms with Gasteiger partial charge in [-0.1, -0.05) is 0 Å². The molecule has 0 fully saturated rings. The molecule has 0 amide bonds. The van der Waals surface area contributed by atoms with Gasteiger partial charge in [0, 0.05) is 7.11 Å². The zero-order valence-electron chi connectivity index (χ0n) is 5.37. The molecule has 0 spiro atoms. The van der Waals surface area contributed by atoms with Gasteiger partial charge in [0.2, 0.25) is 6.29 Å². The molecule has 4 heteroatoms. The summed E-state index contributed by atoms with van der Waals surface area (Å²) in [5, 5.41) is 9.01. The first-order chi connectivity index (χ1) is 4.74. The van der Waals surface area contributed by atoms with E-state index in [2.05, 4.69) is 20.7 Å². The van der Waals surface area contributed by atoms with Crippen LogP contribution >= 0.6 is 15.9 Å². The van der Waals surface area contributed by atoms with Crippen LogP contribution in [-0.2, 0) is 4.74 Å². The van der Waals surface area contributed by atoms with Crippen LogP contribution in [0.4, 0.5) is 0 Å². The Kier molecular flexibility index (Phi) is 2.48. The summed E-state index contributed by atoms with van der Waals surface area (Å²) in [7, 11) is 1.40. The Morgan fingerprint density at radius 3 is 2.90 bits per heavy atom. The summed E-state index contributed by atoms with van der Waals surface area (Å²) in [4.78, 5) is 0. The fourth-order valence-corrected chi connectivity index (χ4v) is 0.893. The number of ether oxygens (including phenoxy) is 1. The minimum absolute atomic E-state index is 0.398. The van der Waals surface area contributed by atoms with Gasteiger partial charge in [0.05, 0.1) is 4.47 Å². The average Bonchev–Trinajstić information content (AvgIpc) is 2.34. The molecule has 0 aliphatic heterocycles. The van der Waals surface area contributed by atoms with Crippen LogP contribution in [0.1, 0.15) is 12.1 Å². The highest BCUT2D eigenvalue weighted by Crippen LogP contribution is 2.20. The van der Waals surface area contributed by atoms with Crippen molar-refractivity contribution in [1.29, 1.82) is 0 Å². The monoisotopic (exact) mass is 206 g/mol. The molecule has 1 N–H and O–H groups in total. The van der Waals surface area contributed by atoms with E-state index in [1.54, 1.807) is 6.07 Å². The fourth-order valence-electron chi connectivity index (χ4n) is 0.574. The van der Waals surface area contributed by atoms with Gasteiger partial charge >= 0.3 is 0 Å². The maximum atomic E-state index is 9.01. The van der Waals surface area contributed by atoms with Crippen molar-refractivity contribution in [1.82, 2.24) is 0 Å². The first-order valence-corrected chi connectivity index (χ1v) is 3.48. The molecule has 56 valence electrons. The van der Waals surface area contributed by atoms with Gasteiger partial charge in [0.15, 0.2) is 5.76 Å². The van der Waals surface area contributed by atoms with Crippen LogP contribution in [0.2, 0.25) is 0 Å². The molecule has 0 aliphatic carbocycles. The zero-order chi connectivity index (χ0) is 7.56. The Bertz CT molecular complexity index is 209. The number of hydrogen-bond donors (Lipinski definition) is 1. The second-order valence-electron chi connectivity index (χ2n) is 1.76. The van der Waals surface area contributed by atoms with E-state index >= 15 is 0 Å². The second-order valence-corrected chi connectivity index (χ2v) is 2.67. The Labute approximate surface area is 66.7 Å². The number of halogens is 1. The van der Waals surface area contributed by atoms with Crippen molar-refractivity contribution in [2.24, 2.45) is 0 Å². The van der Waals surface area contributed by atoms with E-state index in [1.165, 1.54) is 13.4 Å². The molecule has 0 aliphatic rings. The number of hydrogen-bond acceptors (Lipinski definition) is 3. The van der Waals surface area contributed by atoms with E-state index in [0.29, 0.717) is 5.76 Å². The highest BCUT2D eigenvalue weighted by atomic mass is 79.9. The SMILES string of the molecule is COC(O)c1cc(Br)co1. The maximum Gasteiger partial charge on any atom is 0.214 e. The number of aliphatic hydroxyl groups excluding tert-OH is 1. The van der Waals surface area contributed by atoms with Gasteiger partial charge < -0.3 is 14.3 Å². The fraction of sp³-hybridized carbons (Fsp3) is 0.333. The molecule has 0 bridgehead atoms. The van der Waals surface area contributed by atoms with Crippen molar-refractivity contribution in [3.63, 3.8) is 0 Å². The third kappa shape index (κ3) is 1.59. The third-order valence-corrected chi connectivity index (χ3v) is 1.47. The molecule has 3 nitrogen and oxygen atoms in total. The van der Waals surface area contributed by atoms with E-state index in [4.69, 9.17) is 9.52 Å². The minimum atomic E-state index is -0.966. The minimum Gasteiger partial charge on any atom is -0.463 e. The summed E-state index contributed by atoms with van der Waals surface area (Å²) in [6.07, 6.45) is 0.517. The van der Waals surface area contributed by atoms with Crippen molar-refractivity contribution < 1.29 is 14.3 Å². The molecule has 1 rings (SSSR count). The highest BCUT2D eigenvalue weighted by molar-refractivity contribution is 9.10. The van der Waals surface area contributed by atoms with Crippen molar-refractivity contribution in [3.05, 3.63) is 22.6 Å². The Balaban J connectivity index is 2.74. The molecule has 1 aromatic rings. The number of furan rings is 1. The van der Waals surface area contributed by atoms with Crippen LogP contribution < -0.4 is 0 Å². The number of methoxy groups -OCH3 is 1. The van der Waals surface area contributed by atoms with Gasteiger partial charge in [-0.25, -0.2) is 0 Å². The lowest BCUT2D eigenvalue weighted by atomic mass is 10.4. The Morgan fingerprint density at radius 1 is 1.80 bits per heavy atom. The summed E-state index contributed by atoms with van der Waals surface area (Å²) in [6.45, 7) is 0. The smallest absolute Gasteiger partial charge is 0.214 e. The van der Waals surface area contributed by atoms with E-state index in [9.17, 15) is 0 Å². The quantitative estimate of drug-likeness (QED) is 0.750. The molecule has 1 atom stereocenters. The normalized spacial score (nSPS) is 13.5. The second kappa shape index (κ2) is 3.18. The first-order valence-electron chi connectivity index (χ1n) is 2.69. The van der Waals surface area contributed by atoms with Gasteiger partial charge in [-0.05, 0) is 22.0 Å². The topological polar surface area (TPSA) is 42.6 Å². The van der Waals surface area contributed by atoms with E-state index < -0.39 is 6.29 Å². The van der Waals surface area contributed by atoms with Crippen molar-refractivity contribution in [3.8, 4) is 0 Å². The molecule has 0 radical (unpaired) electrons.